The minimum absolute atomic E-state index is 0.0719. The number of aromatic nitrogens is 2. The molecule has 82 valence electrons. The van der Waals surface area contributed by atoms with Gasteiger partial charge in [0, 0.05) is 0 Å². The normalized spacial score (nSPS) is 10.1. The van der Waals surface area contributed by atoms with Crippen molar-refractivity contribution in [2.24, 2.45) is 0 Å². The minimum Gasteiger partial charge on any atom is -0.346 e. The van der Waals surface area contributed by atoms with Crippen molar-refractivity contribution in [3.05, 3.63) is 45.9 Å². The van der Waals surface area contributed by atoms with Crippen LogP contribution < -0.4 is 5.32 Å². The molecule has 0 spiro atoms. The maximum atomic E-state index is 11.6. The highest BCUT2D eigenvalue weighted by molar-refractivity contribution is 7.12. The fraction of sp³-hybridized carbons (Fsp3) is 0.182. The van der Waals surface area contributed by atoms with E-state index in [1.165, 1.54) is 11.3 Å². The summed E-state index contributed by atoms with van der Waals surface area (Å²) in [7, 11) is 0. The molecule has 2 aromatic heterocycles. The molecule has 2 rings (SSSR count). The molecule has 0 saturated carbocycles. The lowest BCUT2D eigenvalue weighted by Gasteiger charge is -2.02. The molecular formula is C11H11N3OS. The van der Waals surface area contributed by atoms with Crippen LogP contribution in [-0.4, -0.2) is 16.1 Å². The van der Waals surface area contributed by atoms with Crippen LogP contribution in [0.1, 0.15) is 21.1 Å². The van der Waals surface area contributed by atoms with E-state index in [1.807, 2.05) is 30.5 Å². The van der Waals surface area contributed by atoms with Gasteiger partial charge >= 0.3 is 0 Å². The Bertz CT molecular complexity index is 464. The van der Waals surface area contributed by atoms with Crippen molar-refractivity contribution >= 4 is 17.2 Å². The second-order valence-corrected chi connectivity index (χ2v) is 4.27. The first kappa shape index (κ1) is 10.8. The van der Waals surface area contributed by atoms with E-state index in [0.29, 0.717) is 11.4 Å². The van der Waals surface area contributed by atoms with Crippen LogP contribution in [0.3, 0.4) is 0 Å². The summed E-state index contributed by atoms with van der Waals surface area (Å²) in [6.45, 7) is 2.28. The number of hydrogen-bond acceptors (Lipinski definition) is 4. The van der Waals surface area contributed by atoms with Crippen molar-refractivity contribution < 1.29 is 4.79 Å². The SMILES string of the molecule is Cc1ccc(CNC(=O)c2cccs2)nn1. The van der Waals surface area contributed by atoms with E-state index in [1.54, 1.807) is 6.07 Å². The van der Waals surface area contributed by atoms with Gasteiger partial charge in [-0.3, -0.25) is 4.79 Å². The molecule has 0 unspecified atom stereocenters. The summed E-state index contributed by atoms with van der Waals surface area (Å²) in [4.78, 5) is 12.3. The Morgan fingerprint density at radius 1 is 1.38 bits per heavy atom. The molecule has 0 aliphatic heterocycles. The summed E-state index contributed by atoms with van der Waals surface area (Å²) in [5.41, 5.74) is 1.63. The molecule has 0 aromatic carbocycles. The molecule has 0 radical (unpaired) electrons. The number of thiophene rings is 1. The zero-order valence-electron chi connectivity index (χ0n) is 8.80. The monoisotopic (exact) mass is 233 g/mol. The van der Waals surface area contributed by atoms with Gasteiger partial charge in [0.15, 0.2) is 0 Å². The van der Waals surface area contributed by atoms with Crippen LogP contribution in [0.15, 0.2) is 29.6 Å². The van der Waals surface area contributed by atoms with Crippen molar-refractivity contribution in [1.29, 1.82) is 0 Å². The van der Waals surface area contributed by atoms with Crippen molar-refractivity contribution in [1.82, 2.24) is 15.5 Å². The number of aryl methyl sites for hydroxylation is 1. The molecule has 4 nitrogen and oxygen atoms in total. The van der Waals surface area contributed by atoms with Crippen LogP contribution in [-0.2, 0) is 6.54 Å². The summed E-state index contributed by atoms with van der Waals surface area (Å²) in [6, 6.07) is 7.38. The first-order valence-corrected chi connectivity index (χ1v) is 5.74. The smallest absolute Gasteiger partial charge is 0.261 e. The number of nitrogens with one attached hydrogen (secondary N) is 1. The van der Waals surface area contributed by atoms with Gasteiger partial charge < -0.3 is 5.32 Å². The van der Waals surface area contributed by atoms with Crippen molar-refractivity contribution in [3.63, 3.8) is 0 Å². The van der Waals surface area contributed by atoms with Crippen molar-refractivity contribution in [2.45, 2.75) is 13.5 Å². The Balaban J connectivity index is 1.93. The Morgan fingerprint density at radius 2 is 2.25 bits per heavy atom. The maximum absolute atomic E-state index is 11.6. The lowest BCUT2D eigenvalue weighted by Crippen LogP contribution is -2.22. The maximum Gasteiger partial charge on any atom is 0.261 e. The summed E-state index contributed by atoms with van der Waals surface area (Å²) in [6.07, 6.45) is 0. The molecule has 5 heteroatoms. The van der Waals surface area contributed by atoms with Crippen LogP contribution in [0.25, 0.3) is 0 Å². The van der Waals surface area contributed by atoms with Gasteiger partial charge in [-0.15, -0.1) is 11.3 Å². The topological polar surface area (TPSA) is 54.9 Å². The molecule has 16 heavy (non-hydrogen) atoms. The third-order valence-electron chi connectivity index (χ3n) is 2.03. The lowest BCUT2D eigenvalue weighted by molar-refractivity contribution is 0.0954. The highest BCUT2D eigenvalue weighted by atomic mass is 32.1. The Morgan fingerprint density at radius 3 is 2.88 bits per heavy atom. The first-order valence-electron chi connectivity index (χ1n) is 4.86. The molecule has 2 aromatic rings. The fourth-order valence-corrected chi connectivity index (χ4v) is 1.83. The van der Waals surface area contributed by atoms with E-state index in [4.69, 9.17) is 0 Å². The molecular weight excluding hydrogens is 222 g/mol. The van der Waals surface area contributed by atoms with Crippen LogP contribution in [0.4, 0.5) is 0 Å². The van der Waals surface area contributed by atoms with Gasteiger partial charge in [0.2, 0.25) is 0 Å². The molecule has 0 atom stereocenters. The molecule has 0 fully saturated rings. The second kappa shape index (κ2) is 4.85. The Hall–Kier alpha value is -1.75. The van der Waals surface area contributed by atoms with Crippen LogP contribution in [0.2, 0.25) is 0 Å². The van der Waals surface area contributed by atoms with Crippen LogP contribution >= 0.6 is 11.3 Å². The van der Waals surface area contributed by atoms with Gasteiger partial charge in [0.25, 0.3) is 5.91 Å². The first-order chi connectivity index (χ1) is 7.75. The molecule has 0 saturated heterocycles. The molecule has 1 N–H and O–H groups in total. The zero-order chi connectivity index (χ0) is 11.4. The van der Waals surface area contributed by atoms with Gasteiger partial charge in [-0.05, 0) is 30.5 Å². The highest BCUT2D eigenvalue weighted by Gasteiger charge is 2.05. The van der Waals surface area contributed by atoms with E-state index in [0.717, 1.165) is 11.4 Å². The average molecular weight is 233 g/mol. The summed E-state index contributed by atoms with van der Waals surface area (Å²) < 4.78 is 0. The molecule has 1 amide bonds. The predicted octanol–water partition coefficient (Wildman–Crippen LogP) is 1.78. The third-order valence-corrected chi connectivity index (χ3v) is 2.90. The number of nitrogens with zero attached hydrogens (tertiary/aromatic N) is 2. The van der Waals surface area contributed by atoms with Gasteiger partial charge in [0.1, 0.15) is 0 Å². The second-order valence-electron chi connectivity index (χ2n) is 3.33. The molecule has 2 heterocycles. The lowest BCUT2D eigenvalue weighted by atomic mass is 10.3. The predicted molar refractivity (Wildman–Crippen MR) is 62.3 cm³/mol. The van der Waals surface area contributed by atoms with E-state index in [-0.39, 0.29) is 5.91 Å². The van der Waals surface area contributed by atoms with Gasteiger partial charge in [-0.2, -0.15) is 10.2 Å². The highest BCUT2D eigenvalue weighted by Crippen LogP contribution is 2.07. The van der Waals surface area contributed by atoms with E-state index in [2.05, 4.69) is 15.5 Å². The fourth-order valence-electron chi connectivity index (χ4n) is 1.19. The summed E-state index contributed by atoms with van der Waals surface area (Å²) in [5, 5.41) is 12.6. The number of amides is 1. The average Bonchev–Trinajstić information content (AvgIpc) is 2.81. The minimum atomic E-state index is -0.0719. The van der Waals surface area contributed by atoms with Gasteiger partial charge in [0.05, 0.1) is 22.8 Å². The zero-order valence-corrected chi connectivity index (χ0v) is 9.62. The quantitative estimate of drug-likeness (QED) is 0.879. The number of rotatable bonds is 3. The van der Waals surface area contributed by atoms with E-state index >= 15 is 0 Å². The van der Waals surface area contributed by atoms with Crippen LogP contribution in [0, 0.1) is 6.92 Å². The van der Waals surface area contributed by atoms with Gasteiger partial charge in [-0.25, -0.2) is 0 Å². The molecule has 0 aliphatic carbocycles. The Kier molecular flexibility index (Phi) is 3.26. The van der Waals surface area contributed by atoms with Crippen molar-refractivity contribution in [3.8, 4) is 0 Å². The van der Waals surface area contributed by atoms with E-state index in [9.17, 15) is 4.79 Å². The summed E-state index contributed by atoms with van der Waals surface area (Å²) >= 11 is 1.42. The molecule has 0 bridgehead atoms. The Labute approximate surface area is 97.3 Å². The van der Waals surface area contributed by atoms with Crippen molar-refractivity contribution in [2.75, 3.05) is 0 Å². The largest absolute Gasteiger partial charge is 0.346 e. The standard InChI is InChI=1S/C11H11N3OS/c1-8-4-5-9(14-13-8)7-12-11(15)10-3-2-6-16-10/h2-6H,7H2,1H3,(H,12,15). The number of hydrogen-bond donors (Lipinski definition) is 1. The number of carbonyl (C=O) groups is 1. The van der Waals surface area contributed by atoms with E-state index < -0.39 is 0 Å². The van der Waals surface area contributed by atoms with Crippen LogP contribution in [0.5, 0.6) is 0 Å². The number of carbonyl (C=O) groups excluding carboxylic acids is 1. The molecule has 0 aliphatic rings. The van der Waals surface area contributed by atoms with Gasteiger partial charge in [-0.1, -0.05) is 6.07 Å². The summed E-state index contributed by atoms with van der Waals surface area (Å²) in [5.74, 6) is -0.0719. The third kappa shape index (κ3) is 2.64.